The molecule has 0 atom stereocenters. The molecule has 0 aliphatic carbocycles. The predicted molar refractivity (Wildman–Crippen MR) is 81.3 cm³/mol. The zero-order valence-corrected chi connectivity index (χ0v) is 12.1. The van der Waals surface area contributed by atoms with Crippen LogP contribution in [0.5, 0.6) is 0 Å². The van der Waals surface area contributed by atoms with Crippen LogP contribution in [-0.4, -0.2) is 17.6 Å². The number of hydrogen-bond acceptors (Lipinski definition) is 2. The zero-order valence-electron chi connectivity index (χ0n) is 12.1. The summed E-state index contributed by atoms with van der Waals surface area (Å²) >= 11 is 0. The molecule has 0 bridgehead atoms. The quantitative estimate of drug-likeness (QED) is 0.907. The van der Waals surface area contributed by atoms with Crippen LogP contribution in [0.3, 0.4) is 0 Å². The first-order valence-electron chi connectivity index (χ1n) is 6.85. The summed E-state index contributed by atoms with van der Waals surface area (Å²) in [7, 11) is 0. The average molecular weight is 287 g/mol. The van der Waals surface area contributed by atoms with Crippen molar-refractivity contribution in [3.05, 3.63) is 65.0 Å². The molecule has 2 aromatic rings. The Labute approximate surface area is 123 Å². The van der Waals surface area contributed by atoms with Crippen LogP contribution < -0.4 is 4.90 Å². The lowest BCUT2D eigenvalue weighted by Gasteiger charge is -2.25. The maximum Gasteiger partial charge on any atom is 0.335 e. The molecule has 0 aliphatic heterocycles. The summed E-state index contributed by atoms with van der Waals surface area (Å²) in [5.41, 5.74) is 2.64. The van der Waals surface area contributed by atoms with Crippen molar-refractivity contribution in [1.82, 2.24) is 0 Å². The molecule has 4 heteroatoms. The molecule has 0 spiro atoms. The van der Waals surface area contributed by atoms with Gasteiger partial charge in [-0.2, -0.15) is 0 Å². The second-order valence-corrected chi connectivity index (χ2v) is 4.91. The highest BCUT2D eigenvalue weighted by Gasteiger charge is 2.12. The van der Waals surface area contributed by atoms with E-state index >= 15 is 0 Å². The Morgan fingerprint density at radius 3 is 2.52 bits per heavy atom. The summed E-state index contributed by atoms with van der Waals surface area (Å²) in [6.45, 7) is 5.18. The number of aromatic carboxylic acids is 1. The van der Waals surface area contributed by atoms with Gasteiger partial charge in [-0.3, -0.25) is 0 Å². The van der Waals surface area contributed by atoms with E-state index in [1.807, 2.05) is 38.1 Å². The van der Waals surface area contributed by atoms with Crippen molar-refractivity contribution in [2.75, 3.05) is 11.4 Å². The van der Waals surface area contributed by atoms with Crippen molar-refractivity contribution >= 4 is 11.7 Å². The number of nitrogens with zero attached hydrogens (tertiary/aromatic N) is 1. The highest BCUT2D eigenvalue weighted by molar-refractivity contribution is 5.87. The van der Waals surface area contributed by atoms with Crippen LogP contribution >= 0.6 is 0 Å². The monoisotopic (exact) mass is 287 g/mol. The van der Waals surface area contributed by atoms with E-state index in [1.54, 1.807) is 6.07 Å². The van der Waals surface area contributed by atoms with Gasteiger partial charge in [0.2, 0.25) is 0 Å². The van der Waals surface area contributed by atoms with Crippen LogP contribution in [0.1, 0.15) is 28.4 Å². The number of para-hydroxylation sites is 1. The number of carboxylic acids is 1. The van der Waals surface area contributed by atoms with Gasteiger partial charge in [-0.1, -0.05) is 24.3 Å². The maximum atomic E-state index is 14.0. The van der Waals surface area contributed by atoms with Crippen molar-refractivity contribution in [2.24, 2.45) is 0 Å². The summed E-state index contributed by atoms with van der Waals surface area (Å²) in [4.78, 5) is 12.9. The minimum absolute atomic E-state index is 0.0322. The number of carboxylic acid groups (broad SMARTS) is 1. The van der Waals surface area contributed by atoms with Crippen LogP contribution in [0.4, 0.5) is 10.1 Å². The van der Waals surface area contributed by atoms with Gasteiger partial charge in [-0.15, -0.1) is 0 Å². The van der Waals surface area contributed by atoms with Gasteiger partial charge < -0.3 is 10.0 Å². The zero-order chi connectivity index (χ0) is 15.4. The molecular formula is C17H18FNO2. The molecular weight excluding hydrogens is 269 g/mol. The fourth-order valence-corrected chi connectivity index (χ4v) is 2.30. The van der Waals surface area contributed by atoms with E-state index in [4.69, 9.17) is 5.11 Å². The molecule has 0 fully saturated rings. The second-order valence-electron chi connectivity index (χ2n) is 4.91. The molecule has 1 N–H and O–H groups in total. The van der Waals surface area contributed by atoms with E-state index in [2.05, 4.69) is 4.90 Å². The summed E-state index contributed by atoms with van der Waals surface area (Å²) < 4.78 is 14.0. The van der Waals surface area contributed by atoms with Gasteiger partial charge in [0.15, 0.2) is 0 Å². The molecule has 0 saturated heterocycles. The summed E-state index contributed by atoms with van der Waals surface area (Å²) in [6.07, 6.45) is 0. The fourth-order valence-electron chi connectivity index (χ4n) is 2.30. The van der Waals surface area contributed by atoms with Gasteiger partial charge in [-0.25, -0.2) is 9.18 Å². The topological polar surface area (TPSA) is 40.5 Å². The number of halogens is 1. The molecule has 21 heavy (non-hydrogen) atoms. The lowest BCUT2D eigenvalue weighted by molar-refractivity contribution is 0.0696. The van der Waals surface area contributed by atoms with Crippen molar-refractivity contribution < 1.29 is 14.3 Å². The van der Waals surface area contributed by atoms with Gasteiger partial charge in [0.25, 0.3) is 0 Å². The van der Waals surface area contributed by atoms with Crippen LogP contribution in [0.2, 0.25) is 0 Å². The van der Waals surface area contributed by atoms with Crippen molar-refractivity contribution in [3.63, 3.8) is 0 Å². The molecule has 0 aliphatic rings. The fraction of sp³-hybridized carbons (Fsp3) is 0.235. The van der Waals surface area contributed by atoms with Crippen molar-refractivity contribution in [1.29, 1.82) is 0 Å². The minimum atomic E-state index is -1.12. The lowest BCUT2D eigenvalue weighted by atomic mass is 10.1. The van der Waals surface area contributed by atoms with Crippen LogP contribution in [0, 0.1) is 12.7 Å². The van der Waals surface area contributed by atoms with E-state index in [0.717, 1.165) is 23.9 Å². The van der Waals surface area contributed by atoms with Gasteiger partial charge in [0.1, 0.15) is 5.82 Å². The number of anilines is 1. The van der Waals surface area contributed by atoms with Gasteiger partial charge >= 0.3 is 5.97 Å². The third-order valence-corrected chi connectivity index (χ3v) is 3.50. The van der Waals surface area contributed by atoms with E-state index in [9.17, 15) is 9.18 Å². The van der Waals surface area contributed by atoms with Crippen LogP contribution in [0.15, 0.2) is 42.5 Å². The Kier molecular flexibility index (Phi) is 4.58. The first kappa shape index (κ1) is 15.0. The van der Waals surface area contributed by atoms with E-state index in [0.29, 0.717) is 12.1 Å². The highest BCUT2D eigenvalue weighted by Crippen LogP contribution is 2.22. The summed E-state index contributed by atoms with van der Waals surface area (Å²) in [5, 5.41) is 8.87. The minimum Gasteiger partial charge on any atom is -0.478 e. The van der Waals surface area contributed by atoms with Gasteiger partial charge in [0.05, 0.1) is 5.56 Å². The Bertz CT molecular complexity index is 655. The highest BCUT2D eigenvalue weighted by atomic mass is 19.1. The summed E-state index contributed by atoms with van der Waals surface area (Å²) in [5.74, 6) is -1.60. The smallest absolute Gasteiger partial charge is 0.335 e. The lowest BCUT2D eigenvalue weighted by Crippen LogP contribution is -2.23. The maximum absolute atomic E-state index is 14.0. The van der Waals surface area contributed by atoms with Crippen molar-refractivity contribution in [3.8, 4) is 0 Å². The molecule has 2 aromatic carbocycles. The Morgan fingerprint density at radius 1 is 1.24 bits per heavy atom. The largest absolute Gasteiger partial charge is 0.478 e. The first-order chi connectivity index (χ1) is 10.0. The normalized spacial score (nSPS) is 10.4. The number of aryl methyl sites for hydroxylation is 1. The molecule has 110 valence electrons. The predicted octanol–water partition coefficient (Wildman–Crippen LogP) is 3.86. The first-order valence-corrected chi connectivity index (χ1v) is 6.85. The number of benzene rings is 2. The third-order valence-electron chi connectivity index (χ3n) is 3.50. The Hall–Kier alpha value is -2.36. The Balaban J connectivity index is 2.27. The number of rotatable bonds is 5. The number of carbonyl (C=O) groups is 1. The van der Waals surface area contributed by atoms with E-state index < -0.39 is 11.8 Å². The summed E-state index contributed by atoms with van der Waals surface area (Å²) in [6, 6.07) is 12.0. The standard InChI is InChI=1S/C17H18FNO2/c1-3-19(16-7-5-4-6-12(16)2)11-14-9-8-13(17(20)21)10-15(14)18/h4-10H,3,11H2,1-2H3,(H,20,21). The molecule has 0 radical (unpaired) electrons. The average Bonchev–Trinajstić information content (AvgIpc) is 2.47. The Morgan fingerprint density at radius 2 is 1.95 bits per heavy atom. The van der Waals surface area contributed by atoms with E-state index in [1.165, 1.54) is 6.07 Å². The molecule has 0 unspecified atom stereocenters. The third kappa shape index (κ3) is 3.40. The second kappa shape index (κ2) is 6.39. The van der Waals surface area contributed by atoms with E-state index in [-0.39, 0.29) is 5.56 Å². The molecule has 2 rings (SSSR count). The van der Waals surface area contributed by atoms with Crippen LogP contribution in [-0.2, 0) is 6.54 Å². The molecule has 0 heterocycles. The number of hydrogen-bond donors (Lipinski definition) is 1. The molecule has 3 nitrogen and oxygen atoms in total. The van der Waals surface area contributed by atoms with Gasteiger partial charge in [-0.05, 0) is 37.6 Å². The SMILES string of the molecule is CCN(Cc1ccc(C(=O)O)cc1F)c1ccccc1C. The molecule has 0 saturated carbocycles. The van der Waals surface area contributed by atoms with Crippen LogP contribution in [0.25, 0.3) is 0 Å². The molecule has 0 aromatic heterocycles. The van der Waals surface area contributed by atoms with Gasteiger partial charge in [0, 0.05) is 24.3 Å². The van der Waals surface area contributed by atoms with Crippen molar-refractivity contribution in [2.45, 2.75) is 20.4 Å². The molecule has 0 amide bonds.